The van der Waals surface area contributed by atoms with Crippen molar-refractivity contribution < 1.29 is 14.4 Å². The summed E-state index contributed by atoms with van der Waals surface area (Å²) in [4.78, 5) is 36.7. The number of urea groups is 1. The second-order valence-electron chi connectivity index (χ2n) is 8.56. The summed E-state index contributed by atoms with van der Waals surface area (Å²) in [6.45, 7) is 7.67. The maximum absolute atomic E-state index is 12.6. The van der Waals surface area contributed by atoms with Crippen molar-refractivity contribution in [3.63, 3.8) is 0 Å². The summed E-state index contributed by atoms with van der Waals surface area (Å²) in [5, 5.41) is 5.88. The van der Waals surface area contributed by atoms with Gasteiger partial charge >= 0.3 is 6.03 Å². The summed E-state index contributed by atoms with van der Waals surface area (Å²) in [5.74, 6) is -0.0644. The van der Waals surface area contributed by atoms with Gasteiger partial charge in [0, 0.05) is 25.6 Å². The first-order valence-electron chi connectivity index (χ1n) is 9.03. The molecule has 0 radical (unpaired) electrons. The van der Waals surface area contributed by atoms with Crippen molar-refractivity contribution in [2.45, 2.75) is 71.8 Å². The number of nitrogens with zero attached hydrogens (tertiary/aromatic N) is 1. The van der Waals surface area contributed by atoms with E-state index in [0.717, 1.165) is 44.9 Å². The molecule has 4 amide bonds. The molecule has 24 heavy (non-hydrogen) atoms. The minimum Gasteiger partial charge on any atom is -0.358 e. The normalized spacial score (nSPS) is 30.4. The number of carbonyl (C=O) groups is 3. The number of rotatable bonds is 4. The molecule has 1 saturated heterocycles. The summed E-state index contributed by atoms with van der Waals surface area (Å²) in [6.07, 6.45) is 6.64. The molecule has 2 rings (SSSR count). The lowest BCUT2D eigenvalue weighted by atomic mass is 9.62. The van der Waals surface area contributed by atoms with Gasteiger partial charge in [0.25, 0.3) is 0 Å². The van der Waals surface area contributed by atoms with Crippen molar-refractivity contribution in [2.24, 2.45) is 10.8 Å². The molecule has 0 bridgehead atoms. The summed E-state index contributed by atoms with van der Waals surface area (Å²) in [5.41, 5.74) is 0.0295. The third-order valence-electron chi connectivity index (χ3n) is 5.20. The fraction of sp³-hybridized carbons (Fsp3) is 0.833. The number of nitrogens with one attached hydrogen (secondary N) is 2. The van der Waals surface area contributed by atoms with E-state index in [1.54, 1.807) is 0 Å². The molecule has 0 aromatic rings. The smallest absolute Gasteiger partial charge is 0.324 e. The van der Waals surface area contributed by atoms with E-state index >= 15 is 0 Å². The highest BCUT2D eigenvalue weighted by Crippen LogP contribution is 2.45. The van der Waals surface area contributed by atoms with E-state index in [9.17, 15) is 14.4 Å². The highest BCUT2D eigenvalue weighted by atomic mass is 16.2. The lowest BCUT2D eigenvalue weighted by molar-refractivity contribution is -0.127. The molecule has 1 heterocycles. The van der Waals surface area contributed by atoms with Crippen molar-refractivity contribution in [3.8, 4) is 0 Å². The Morgan fingerprint density at radius 2 is 2.00 bits per heavy atom. The maximum Gasteiger partial charge on any atom is 0.324 e. The highest BCUT2D eigenvalue weighted by molar-refractivity contribution is 5.94. The molecule has 6 heteroatoms. The van der Waals surface area contributed by atoms with Crippen molar-refractivity contribution in [1.29, 1.82) is 0 Å². The Labute approximate surface area is 144 Å². The Kier molecular flexibility index (Phi) is 5.88. The van der Waals surface area contributed by atoms with Gasteiger partial charge < -0.3 is 10.6 Å². The lowest BCUT2D eigenvalue weighted by Gasteiger charge is -2.47. The summed E-state index contributed by atoms with van der Waals surface area (Å²) < 4.78 is 0. The van der Waals surface area contributed by atoms with Crippen LogP contribution in [0.2, 0.25) is 0 Å². The standard InChI is InChI=1S/C18H31N3O3/c1-17(2)9-14(10-18(3,11-17)12-19-13-22)20-16(24)21-8-6-4-5-7-15(21)23/h13-14H,4-12H2,1-3H3,(H,19,22)(H,20,24). The number of hydrogen-bond donors (Lipinski definition) is 2. The Hall–Kier alpha value is -1.59. The third kappa shape index (κ3) is 4.95. The molecule has 2 unspecified atom stereocenters. The Morgan fingerprint density at radius 3 is 2.71 bits per heavy atom. The van der Waals surface area contributed by atoms with E-state index in [-0.39, 0.29) is 28.8 Å². The van der Waals surface area contributed by atoms with Gasteiger partial charge in [0.15, 0.2) is 0 Å². The molecule has 2 N–H and O–H groups in total. The van der Waals surface area contributed by atoms with Gasteiger partial charge in [0.2, 0.25) is 12.3 Å². The van der Waals surface area contributed by atoms with Gasteiger partial charge in [-0.1, -0.05) is 27.2 Å². The van der Waals surface area contributed by atoms with Crippen LogP contribution in [-0.4, -0.2) is 42.4 Å². The predicted molar refractivity (Wildman–Crippen MR) is 92.3 cm³/mol. The van der Waals surface area contributed by atoms with Crippen LogP contribution in [0.15, 0.2) is 0 Å². The van der Waals surface area contributed by atoms with Crippen LogP contribution in [0.25, 0.3) is 0 Å². The molecular formula is C18H31N3O3. The molecule has 136 valence electrons. The Morgan fingerprint density at radius 1 is 1.25 bits per heavy atom. The molecule has 0 aromatic heterocycles. The van der Waals surface area contributed by atoms with Crippen LogP contribution < -0.4 is 10.6 Å². The predicted octanol–water partition coefficient (Wildman–Crippen LogP) is 2.43. The van der Waals surface area contributed by atoms with Gasteiger partial charge in [-0.2, -0.15) is 0 Å². The number of amides is 4. The minimum absolute atomic E-state index is 0.0238. The monoisotopic (exact) mass is 337 g/mol. The SMILES string of the molecule is CC1(C)CC(NC(=O)N2CCCCCC2=O)CC(C)(CNC=O)C1. The van der Waals surface area contributed by atoms with Gasteiger partial charge in [-0.15, -0.1) is 0 Å². The average molecular weight is 337 g/mol. The van der Waals surface area contributed by atoms with Gasteiger partial charge in [-0.05, 0) is 42.9 Å². The largest absolute Gasteiger partial charge is 0.358 e. The van der Waals surface area contributed by atoms with Gasteiger partial charge in [-0.3, -0.25) is 14.5 Å². The Bertz CT molecular complexity index is 492. The zero-order valence-corrected chi connectivity index (χ0v) is 15.2. The lowest BCUT2D eigenvalue weighted by Crippen LogP contribution is -2.53. The number of carbonyl (C=O) groups excluding carboxylic acids is 3. The maximum atomic E-state index is 12.6. The zero-order valence-electron chi connectivity index (χ0n) is 15.2. The molecule has 2 fully saturated rings. The van der Waals surface area contributed by atoms with E-state index < -0.39 is 0 Å². The number of likely N-dealkylation sites (tertiary alicyclic amines) is 1. The minimum atomic E-state index is -0.254. The topological polar surface area (TPSA) is 78.5 Å². The first kappa shape index (κ1) is 18.7. The van der Waals surface area contributed by atoms with Gasteiger partial charge in [0.1, 0.15) is 0 Å². The van der Waals surface area contributed by atoms with E-state index in [4.69, 9.17) is 0 Å². The molecule has 6 nitrogen and oxygen atoms in total. The zero-order chi connectivity index (χ0) is 17.8. The summed E-state index contributed by atoms with van der Waals surface area (Å²) in [6, 6.07) is -0.231. The quantitative estimate of drug-likeness (QED) is 0.773. The summed E-state index contributed by atoms with van der Waals surface area (Å²) in [7, 11) is 0. The van der Waals surface area contributed by atoms with E-state index in [1.165, 1.54) is 4.90 Å². The van der Waals surface area contributed by atoms with Gasteiger partial charge in [-0.25, -0.2) is 4.79 Å². The van der Waals surface area contributed by atoms with E-state index in [0.29, 0.717) is 19.5 Å². The first-order chi connectivity index (χ1) is 11.2. The Balaban J connectivity index is 2.02. The fourth-order valence-corrected chi connectivity index (χ4v) is 4.61. The van der Waals surface area contributed by atoms with Crippen LogP contribution in [0.5, 0.6) is 0 Å². The van der Waals surface area contributed by atoms with Crippen molar-refractivity contribution >= 4 is 18.3 Å². The van der Waals surface area contributed by atoms with Crippen LogP contribution in [0.1, 0.15) is 65.7 Å². The van der Waals surface area contributed by atoms with Crippen LogP contribution in [-0.2, 0) is 9.59 Å². The van der Waals surface area contributed by atoms with Crippen LogP contribution >= 0.6 is 0 Å². The van der Waals surface area contributed by atoms with Crippen molar-refractivity contribution in [3.05, 3.63) is 0 Å². The molecule has 0 aromatic carbocycles. The molecule has 1 aliphatic heterocycles. The van der Waals surface area contributed by atoms with Crippen LogP contribution in [0.3, 0.4) is 0 Å². The van der Waals surface area contributed by atoms with E-state index in [2.05, 4.69) is 31.4 Å². The average Bonchev–Trinajstić information content (AvgIpc) is 2.67. The van der Waals surface area contributed by atoms with Crippen LogP contribution in [0.4, 0.5) is 4.79 Å². The summed E-state index contributed by atoms with van der Waals surface area (Å²) >= 11 is 0. The van der Waals surface area contributed by atoms with Gasteiger partial charge in [0.05, 0.1) is 0 Å². The molecule has 0 spiro atoms. The molecular weight excluding hydrogens is 306 g/mol. The van der Waals surface area contributed by atoms with Crippen molar-refractivity contribution in [2.75, 3.05) is 13.1 Å². The molecule has 2 atom stereocenters. The molecule has 1 saturated carbocycles. The second kappa shape index (κ2) is 7.53. The number of hydrogen-bond acceptors (Lipinski definition) is 3. The molecule has 1 aliphatic carbocycles. The highest BCUT2D eigenvalue weighted by Gasteiger charge is 2.42. The number of imide groups is 1. The second-order valence-corrected chi connectivity index (χ2v) is 8.56. The first-order valence-corrected chi connectivity index (χ1v) is 9.03. The van der Waals surface area contributed by atoms with Crippen LogP contribution in [0, 0.1) is 10.8 Å². The third-order valence-corrected chi connectivity index (χ3v) is 5.20. The van der Waals surface area contributed by atoms with Crippen molar-refractivity contribution in [1.82, 2.24) is 15.5 Å². The fourth-order valence-electron chi connectivity index (χ4n) is 4.61. The van der Waals surface area contributed by atoms with E-state index in [1.807, 2.05) is 0 Å². The molecule has 2 aliphatic rings.